The van der Waals surface area contributed by atoms with Gasteiger partial charge >= 0.3 is 0 Å². The number of allylic oxidation sites excluding steroid dienone is 2. The van der Waals surface area contributed by atoms with Crippen molar-refractivity contribution in [1.29, 1.82) is 0 Å². The van der Waals surface area contributed by atoms with Crippen molar-refractivity contribution in [1.82, 2.24) is 0 Å². The summed E-state index contributed by atoms with van der Waals surface area (Å²) in [7, 11) is 0. The molecule has 24 heavy (non-hydrogen) atoms. The summed E-state index contributed by atoms with van der Waals surface area (Å²) >= 11 is 3.39. The number of carboxylic acids is 1. The minimum atomic E-state index is -1.21. The summed E-state index contributed by atoms with van der Waals surface area (Å²) in [6.45, 7) is 0. The normalized spacial score (nSPS) is 24.2. The molecular formula is C19H14BrFNO2-. The molecule has 0 amide bonds. The average molecular weight is 387 g/mol. The summed E-state index contributed by atoms with van der Waals surface area (Å²) in [5.41, 5.74) is 2.65. The van der Waals surface area contributed by atoms with Crippen molar-refractivity contribution in [3.8, 4) is 0 Å². The van der Waals surface area contributed by atoms with Crippen LogP contribution in [0.1, 0.15) is 39.9 Å². The van der Waals surface area contributed by atoms with E-state index in [9.17, 15) is 14.3 Å². The third kappa shape index (κ3) is 2.44. The standard InChI is InChI=1S/C19H15BrFNO2/c20-11-8-15-13-2-1-3-14(13)17(10-4-6-12(21)7-5-10)22-18(15)16(9-11)19(23)24/h1-2,4-9,13-14,17,22H,3H2,(H,23,24)/p-1/t13-,14-,17+/m0/s1. The highest BCUT2D eigenvalue weighted by atomic mass is 79.9. The largest absolute Gasteiger partial charge is 0.545 e. The summed E-state index contributed by atoms with van der Waals surface area (Å²) in [6, 6.07) is 9.83. The van der Waals surface area contributed by atoms with Gasteiger partial charge in [0.2, 0.25) is 0 Å². The lowest BCUT2D eigenvalue weighted by Crippen LogP contribution is -2.32. The van der Waals surface area contributed by atoms with E-state index >= 15 is 0 Å². The van der Waals surface area contributed by atoms with Gasteiger partial charge in [-0.05, 0) is 47.7 Å². The van der Waals surface area contributed by atoms with Gasteiger partial charge in [-0.15, -0.1) is 0 Å². The van der Waals surface area contributed by atoms with Crippen LogP contribution in [0.2, 0.25) is 0 Å². The first-order valence-electron chi connectivity index (χ1n) is 7.78. The van der Waals surface area contributed by atoms with Crippen molar-refractivity contribution in [2.75, 3.05) is 5.32 Å². The molecule has 1 N–H and O–H groups in total. The third-order valence-corrected chi connectivity index (χ3v) is 5.34. The Hall–Kier alpha value is -2.14. The molecule has 3 atom stereocenters. The Bertz CT molecular complexity index is 847. The van der Waals surface area contributed by atoms with Crippen molar-refractivity contribution in [3.05, 3.63) is 75.5 Å². The molecule has 0 bridgehead atoms. The van der Waals surface area contributed by atoms with Crippen LogP contribution in [0.15, 0.2) is 53.0 Å². The maximum Gasteiger partial charge on any atom is 0.123 e. The van der Waals surface area contributed by atoms with Gasteiger partial charge in [-0.1, -0.05) is 40.2 Å². The van der Waals surface area contributed by atoms with Crippen molar-refractivity contribution in [2.45, 2.75) is 18.4 Å². The number of hydrogen-bond donors (Lipinski definition) is 1. The molecule has 3 nitrogen and oxygen atoms in total. The second-order valence-corrected chi connectivity index (χ2v) is 7.15. The van der Waals surface area contributed by atoms with Gasteiger partial charge in [0.15, 0.2) is 0 Å². The Morgan fingerprint density at radius 1 is 1.25 bits per heavy atom. The first-order valence-corrected chi connectivity index (χ1v) is 8.57. The van der Waals surface area contributed by atoms with Crippen molar-refractivity contribution < 1.29 is 14.3 Å². The van der Waals surface area contributed by atoms with E-state index < -0.39 is 5.97 Å². The van der Waals surface area contributed by atoms with Gasteiger partial charge in [0, 0.05) is 21.6 Å². The Kier molecular flexibility index (Phi) is 3.68. The third-order valence-electron chi connectivity index (χ3n) is 4.88. The predicted octanol–water partition coefficient (Wildman–Crippen LogP) is 3.78. The van der Waals surface area contributed by atoms with E-state index in [0.29, 0.717) is 5.69 Å². The number of hydrogen-bond acceptors (Lipinski definition) is 3. The maximum absolute atomic E-state index is 13.3. The molecule has 5 heteroatoms. The summed E-state index contributed by atoms with van der Waals surface area (Å²) in [5.74, 6) is -1.09. The number of rotatable bonds is 2. The number of nitrogens with one attached hydrogen (secondary N) is 1. The van der Waals surface area contributed by atoms with E-state index in [-0.39, 0.29) is 29.3 Å². The smallest absolute Gasteiger partial charge is 0.123 e. The summed E-state index contributed by atoms with van der Waals surface area (Å²) in [4.78, 5) is 11.6. The number of fused-ring (bicyclic) bond motifs is 3. The number of halogens is 2. The molecule has 0 spiro atoms. The second-order valence-electron chi connectivity index (χ2n) is 6.23. The second kappa shape index (κ2) is 5.74. The highest BCUT2D eigenvalue weighted by molar-refractivity contribution is 9.10. The van der Waals surface area contributed by atoms with Gasteiger partial charge in [-0.2, -0.15) is 0 Å². The molecule has 0 fully saturated rings. The number of aromatic carboxylic acids is 1. The molecule has 1 aliphatic heterocycles. The Morgan fingerprint density at radius 2 is 2.00 bits per heavy atom. The fourth-order valence-electron chi connectivity index (χ4n) is 3.83. The number of carboxylic acid groups (broad SMARTS) is 1. The van der Waals surface area contributed by atoms with E-state index in [1.54, 1.807) is 18.2 Å². The van der Waals surface area contributed by atoms with Crippen molar-refractivity contribution in [2.24, 2.45) is 5.92 Å². The molecular weight excluding hydrogens is 373 g/mol. The molecule has 2 aliphatic rings. The molecule has 2 aromatic carbocycles. The lowest BCUT2D eigenvalue weighted by atomic mass is 9.76. The minimum absolute atomic E-state index is 0.0719. The lowest BCUT2D eigenvalue weighted by Gasteiger charge is -2.38. The van der Waals surface area contributed by atoms with Gasteiger partial charge in [0.1, 0.15) is 5.82 Å². The van der Waals surface area contributed by atoms with Crippen LogP contribution in [0, 0.1) is 11.7 Å². The molecule has 0 saturated heterocycles. The van der Waals surface area contributed by atoms with Gasteiger partial charge in [0.05, 0.1) is 12.0 Å². The van der Waals surface area contributed by atoms with Crippen LogP contribution in [0.3, 0.4) is 0 Å². The maximum atomic E-state index is 13.3. The lowest BCUT2D eigenvalue weighted by molar-refractivity contribution is -0.254. The monoisotopic (exact) mass is 386 g/mol. The molecule has 122 valence electrons. The molecule has 0 saturated carbocycles. The summed E-state index contributed by atoms with van der Waals surface area (Å²) < 4.78 is 14.0. The number of benzene rings is 2. The summed E-state index contributed by atoms with van der Waals surface area (Å²) in [5, 5.41) is 14.9. The molecule has 0 radical (unpaired) electrons. The van der Waals surface area contributed by atoms with E-state index in [0.717, 1.165) is 22.0 Å². The zero-order chi connectivity index (χ0) is 16.8. The Balaban J connectivity index is 1.86. The Labute approximate surface area is 147 Å². The van der Waals surface area contributed by atoms with Crippen LogP contribution >= 0.6 is 15.9 Å². The van der Waals surface area contributed by atoms with Crippen LogP contribution in [-0.2, 0) is 0 Å². The van der Waals surface area contributed by atoms with Crippen molar-refractivity contribution in [3.63, 3.8) is 0 Å². The average Bonchev–Trinajstić information content (AvgIpc) is 3.04. The molecule has 2 aromatic rings. The first kappa shape index (κ1) is 15.4. The van der Waals surface area contributed by atoms with Gasteiger partial charge in [0.25, 0.3) is 0 Å². The number of anilines is 1. The highest BCUT2D eigenvalue weighted by Crippen LogP contribution is 2.51. The molecule has 1 aliphatic carbocycles. The predicted molar refractivity (Wildman–Crippen MR) is 91.2 cm³/mol. The van der Waals surface area contributed by atoms with Gasteiger partial charge in [-0.3, -0.25) is 0 Å². The van der Waals surface area contributed by atoms with E-state index in [1.807, 2.05) is 6.07 Å². The van der Waals surface area contributed by atoms with Crippen LogP contribution in [-0.4, -0.2) is 5.97 Å². The fraction of sp³-hybridized carbons (Fsp3) is 0.211. The van der Waals surface area contributed by atoms with E-state index in [4.69, 9.17) is 0 Å². The minimum Gasteiger partial charge on any atom is -0.545 e. The quantitative estimate of drug-likeness (QED) is 0.799. The van der Waals surface area contributed by atoms with Gasteiger partial charge < -0.3 is 15.2 Å². The van der Waals surface area contributed by atoms with Crippen LogP contribution < -0.4 is 10.4 Å². The van der Waals surface area contributed by atoms with Crippen LogP contribution in [0.25, 0.3) is 0 Å². The molecule has 0 unspecified atom stereocenters. The zero-order valence-electron chi connectivity index (χ0n) is 12.6. The van der Waals surface area contributed by atoms with Crippen LogP contribution in [0.4, 0.5) is 10.1 Å². The zero-order valence-corrected chi connectivity index (χ0v) is 14.2. The van der Waals surface area contributed by atoms with E-state index in [1.165, 1.54) is 12.1 Å². The molecule has 0 aromatic heterocycles. The summed E-state index contributed by atoms with van der Waals surface area (Å²) in [6.07, 6.45) is 5.15. The highest BCUT2D eigenvalue weighted by Gasteiger charge is 2.39. The molecule has 4 rings (SSSR count). The van der Waals surface area contributed by atoms with E-state index in [2.05, 4.69) is 33.4 Å². The topological polar surface area (TPSA) is 52.2 Å². The molecule has 1 heterocycles. The SMILES string of the molecule is O=C([O-])c1cc(Br)cc2c1N[C@H](c1ccc(F)cc1)[C@H]1CC=C[C@H]21. The van der Waals surface area contributed by atoms with Gasteiger partial charge in [-0.25, -0.2) is 4.39 Å². The van der Waals surface area contributed by atoms with Crippen LogP contribution in [0.5, 0.6) is 0 Å². The Morgan fingerprint density at radius 3 is 2.71 bits per heavy atom. The fourth-order valence-corrected chi connectivity index (χ4v) is 4.30. The van der Waals surface area contributed by atoms with Crippen molar-refractivity contribution >= 4 is 27.6 Å². The first-order chi connectivity index (χ1) is 11.5. The number of carbonyl (C=O) groups is 1. The number of carbonyl (C=O) groups excluding carboxylic acids is 1.